The summed E-state index contributed by atoms with van der Waals surface area (Å²) in [5.74, 6) is 2.01. The third-order valence-electron chi connectivity index (χ3n) is 4.30. The summed E-state index contributed by atoms with van der Waals surface area (Å²) in [6.07, 6.45) is 2.09. The number of hydrogen-bond acceptors (Lipinski definition) is 6. The van der Waals surface area contributed by atoms with Crippen LogP contribution in [0.3, 0.4) is 0 Å². The van der Waals surface area contributed by atoms with Crippen LogP contribution in [0.5, 0.6) is 23.0 Å². The van der Waals surface area contributed by atoms with E-state index in [1.54, 1.807) is 26.4 Å². The Morgan fingerprint density at radius 1 is 1.21 bits per heavy atom. The second kappa shape index (κ2) is 9.34. The van der Waals surface area contributed by atoms with Gasteiger partial charge in [-0.1, -0.05) is 22.0 Å². The number of carbonyl (C=O) groups excluding carboxylic acids is 1. The van der Waals surface area contributed by atoms with Crippen molar-refractivity contribution >= 4 is 27.9 Å². The molecule has 7 nitrogen and oxygen atoms in total. The number of halogens is 1. The molecule has 1 amide bonds. The van der Waals surface area contributed by atoms with Gasteiger partial charge in [-0.15, -0.1) is 0 Å². The summed E-state index contributed by atoms with van der Waals surface area (Å²) >= 11 is 3.42. The summed E-state index contributed by atoms with van der Waals surface area (Å²) in [6.45, 7) is 0.520. The van der Waals surface area contributed by atoms with Crippen molar-refractivity contribution in [2.24, 2.45) is 0 Å². The minimum absolute atomic E-state index is 0.00289. The molecule has 29 heavy (non-hydrogen) atoms. The maximum absolute atomic E-state index is 12.4. The van der Waals surface area contributed by atoms with Crippen molar-refractivity contribution in [1.29, 1.82) is 5.26 Å². The average molecular weight is 459 g/mol. The highest BCUT2D eigenvalue weighted by Crippen LogP contribution is 2.37. The first kappa shape index (κ1) is 20.6. The van der Waals surface area contributed by atoms with Gasteiger partial charge < -0.3 is 24.3 Å². The van der Waals surface area contributed by atoms with Crippen LogP contribution in [0.25, 0.3) is 6.08 Å². The fraction of sp³-hybridized carbons (Fsp3) is 0.238. The maximum Gasteiger partial charge on any atom is 0.261 e. The van der Waals surface area contributed by atoms with Crippen molar-refractivity contribution in [1.82, 2.24) is 5.32 Å². The van der Waals surface area contributed by atoms with Gasteiger partial charge in [0.15, 0.2) is 23.0 Å². The van der Waals surface area contributed by atoms with Crippen molar-refractivity contribution in [3.63, 3.8) is 0 Å². The van der Waals surface area contributed by atoms with Crippen molar-refractivity contribution in [2.45, 2.75) is 6.42 Å². The molecule has 8 heteroatoms. The van der Waals surface area contributed by atoms with Crippen LogP contribution in [0, 0.1) is 11.3 Å². The number of nitrogens with one attached hydrogen (secondary N) is 1. The average Bonchev–Trinajstić information content (AvgIpc) is 3.18. The Morgan fingerprint density at radius 3 is 2.62 bits per heavy atom. The molecule has 0 saturated carbocycles. The Morgan fingerprint density at radius 2 is 1.93 bits per heavy atom. The Labute approximate surface area is 177 Å². The van der Waals surface area contributed by atoms with Gasteiger partial charge in [0, 0.05) is 11.0 Å². The van der Waals surface area contributed by atoms with Crippen molar-refractivity contribution < 1.29 is 23.7 Å². The minimum atomic E-state index is -0.447. The molecule has 1 aliphatic heterocycles. The summed E-state index contributed by atoms with van der Waals surface area (Å²) in [4.78, 5) is 12.4. The van der Waals surface area contributed by atoms with E-state index in [1.807, 2.05) is 24.3 Å². The van der Waals surface area contributed by atoms with E-state index >= 15 is 0 Å². The van der Waals surface area contributed by atoms with Gasteiger partial charge in [0.2, 0.25) is 6.79 Å². The van der Waals surface area contributed by atoms with Crippen molar-refractivity contribution in [3.8, 4) is 29.1 Å². The van der Waals surface area contributed by atoms with Gasteiger partial charge in [-0.2, -0.15) is 5.26 Å². The monoisotopic (exact) mass is 458 g/mol. The SMILES string of the molecule is COc1ccc(CCNC(=O)/C(C#N)=C/c2cc3c(cc2Br)OCO3)cc1OC. The number of benzene rings is 2. The lowest BCUT2D eigenvalue weighted by molar-refractivity contribution is -0.117. The van der Waals surface area contributed by atoms with Crippen LogP contribution in [0.1, 0.15) is 11.1 Å². The lowest BCUT2D eigenvalue weighted by Crippen LogP contribution is -2.26. The predicted molar refractivity (Wildman–Crippen MR) is 110 cm³/mol. The standard InChI is InChI=1S/C21H19BrN2O5/c1-26-17-4-3-13(7-18(17)27-2)5-6-24-21(25)15(11-23)8-14-9-19-20(10-16(14)22)29-12-28-19/h3-4,7-10H,5-6,12H2,1-2H3,(H,24,25)/b15-8+. The van der Waals surface area contributed by atoms with Crippen LogP contribution in [-0.2, 0) is 11.2 Å². The van der Waals surface area contributed by atoms with Gasteiger partial charge in [-0.25, -0.2) is 0 Å². The molecule has 0 spiro atoms. The van der Waals surface area contributed by atoms with Gasteiger partial charge in [0.1, 0.15) is 11.6 Å². The predicted octanol–water partition coefficient (Wildman–Crippen LogP) is 3.46. The first-order valence-corrected chi connectivity index (χ1v) is 9.55. The Hall–Kier alpha value is -3.18. The van der Waals surface area contributed by atoms with Gasteiger partial charge in [0.25, 0.3) is 5.91 Å². The molecule has 0 atom stereocenters. The highest BCUT2D eigenvalue weighted by molar-refractivity contribution is 9.10. The van der Waals surface area contributed by atoms with Crippen LogP contribution < -0.4 is 24.3 Å². The smallest absolute Gasteiger partial charge is 0.261 e. The Bertz CT molecular complexity index is 997. The van der Waals surface area contributed by atoms with Crippen LogP contribution >= 0.6 is 15.9 Å². The second-order valence-electron chi connectivity index (χ2n) is 6.09. The molecule has 0 radical (unpaired) electrons. The third-order valence-corrected chi connectivity index (χ3v) is 4.99. The fourth-order valence-corrected chi connectivity index (χ4v) is 3.24. The molecule has 0 bridgehead atoms. The van der Waals surface area contributed by atoms with Gasteiger partial charge in [0.05, 0.1) is 14.2 Å². The van der Waals surface area contributed by atoms with Crippen LogP contribution in [0.2, 0.25) is 0 Å². The fourth-order valence-electron chi connectivity index (χ4n) is 2.80. The molecular formula is C21H19BrN2O5. The number of ether oxygens (including phenoxy) is 4. The van der Waals surface area contributed by atoms with E-state index in [-0.39, 0.29) is 12.4 Å². The lowest BCUT2D eigenvalue weighted by Gasteiger charge is -2.10. The van der Waals surface area contributed by atoms with Crippen molar-refractivity contribution in [3.05, 3.63) is 51.5 Å². The maximum atomic E-state index is 12.4. The normalized spacial score (nSPS) is 12.3. The quantitative estimate of drug-likeness (QED) is 0.504. The number of methoxy groups -OCH3 is 2. The number of hydrogen-bond donors (Lipinski definition) is 1. The first-order valence-electron chi connectivity index (χ1n) is 8.75. The van der Waals surface area contributed by atoms with E-state index in [4.69, 9.17) is 18.9 Å². The van der Waals surface area contributed by atoms with Crippen LogP contribution in [0.4, 0.5) is 0 Å². The molecule has 3 rings (SSSR count). The molecule has 1 aliphatic rings. The lowest BCUT2D eigenvalue weighted by atomic mass is 10.1. The van der Waals surface area contributed by atoms with E-state index in [2.05, 4.69) is 21.2 Å². The number of fused-ring (bicyclic) bond motifs is 1. The number of nitrogens with zero attached hydrogens (tertiary/aromatic N) is 1. The highest BCUT2D eigenvalue weighted by atomic mass is 79.9. The van der Waals surface area contributed by atoms with Crippen molar-refractivity contribution in [2.75, 3.05) is 27.6 Å². The summed E-state index contributed by atoms with van der Waals surface area (Å²) in [5.41, 5.74) is 1.63. The zero-order valence-corrected chi connectivity index (χ0v) is 17.5. The van der Waals surface area contributed by atoms with Crippen LogP contribution in [0.15, 0.2) is 40.4 Å². The molecule has 150 valence electrons. The number of rotatable bonds is 7. The van der Waals surface area contributed by atoms with E-state index in [1.165, 1.54) is 6.08 Å². The van der Waals surface area contributed by atoms with Gasteiger partial charge in [-0.3, -0.25) is 4.79 Å². The molecule has 2 aromatic rings. The Kier molecular flexibility index (Phi) is 6.62. The zero-order chi connectivity index (χ0) is 20.8. The van der Waals surface area contributed by atoms with Crippen LogP contribution in [-0.4, -0.2) is 33.5 Å². The molecule has 0 aliphatic carbocycles. The van der Waals surface area contributed by atoms with E-state index in [0.717, 1.165) is 5.56 Å². The second-order valence-corrected chi connectivity index (χ2v) is 6.95. The summed E-state index contributed by atoms with van der Waals surface area (Å²) < 4.78 is 21.8. The van der Waals surface area contributed by atoms with E-state index < -0.39 is 5.91 Å². The number of carbonyl (C=O) groups is 1. The zero-order valence-electron chi connectivity index (χ0n) is 16.0. The van der Waals surface area contributed by atoms with Gasteiger partial charge >= 0.3 is 0 Å². The molecule has 2 aromatic carbocycles. The minimum Gasteiger partial charge on any atom is -0.493 e. The molecular weight excluding hydrogens is 440 g/mol. The molecule has 0 aromatic heterocycles. The highest BCUT2D eigenvalue weighted by Gasteiger charge is 2.17. The molecule has 0 fully saturated rings. The molecule has 0 unspecified atom stereocenters. The number of nitriles is 1. The van der Waals surface area contributed by atoms with E-state index in [0.29, 0.717) is 46.0 Å². The Balaban J connectivity index is 1.65. The summed E-state index contributed by atoms with van der Waals surface area (Å²) in [7, 11) is 3.15. The molecule has 1 N–H and O–H groups in total. The van der Waals surface area contributed by atoms with E-state index in [9.17, 15) is 10.1 Å². The topological polar surface area (TPSA) is 89.8 Å². The largest absolute Gasteiger partial charge is 0.493 e. The summed E-state index contributed by atoms with van der Waals surface area (Å²) in [6, 6.07) is 11.0. The number of amides is 1. The molecule has 0 saturated heterocycles. The van der Waals surface area contributed by atoms with Gasteiger partial charge in [-0.05, 0) is 47.9 Å². The third kappa shape index (κ3) is 4.81. The summed E-state index contributed by atoms with van der Waals surface area (Å²) in [5, 5.41) is 12.2. The molecule has 1 heterocycles. The first-order chi connectivity index (χ1) is 14.0.